The molecule has 2 amide bonds. The second-order valence-corrected chi connectivity index (χ2v) is 15.7. The van der Waals surface area contributed by atoms with Crippen molar-refractivity contribution >= 4 is 35.4 Å². The van der Waals surface area contributed by atoms with Gasteiger partial charge in [-0.25, -0.2) is 19.6 Å². The highest BCUT2D eigenvalue weighted by Crippen LogP contribution is 2.44. The highest BCUT2D eigenvalue weighted by Gasteiger charge is 2.30. The molecule has 0 unspecified atom stereocenters. The molecule has 2 aromatic heterocycles. The van der Waals surface area contributed by atoms with Crippen molar-refractivity contribution in [1.29, 1.82) is 0 Å². The van der Waals surface area contributed by atoms with Gasteiger partial charge in [0.15, 0.2) is 0 Å². The Hall–Kier alpha value is -4.54. The lowest BCUT2D eigenvalue weighted by Gasteiger charge is -2.32. The maximum Gasteiger partial charge on any atom is 0.410 e. The fraction of sp³-hybridized carbons (Fsp3) is 0.400. The Morgan fingerprint density at radius 1 is 0.635 bits per heavy atom. The van der Waals surface area contributed by atoms with Gasteiger partial charge in [-0.05, 0) is 77.6 Å². The molecule has 2 aliphatic rings. The van der Waals surface area contributed by atoms with Gasteiger partial charge in [0.1, 0.15) is 11.2 Å². The zero-order chi connectivity index (χ0) is 37.5. The maximum atomic E-state index is 12.9. The monoisotopic (exact) mass is 746 g/mol. The Kier molecular flexibility index (Phi) is 10.4. The highest BCUT2D eigenvalue weighted by molar-refractivity contribution is 6.39. The Bertz CT molecular complexity index is 1890. The summed E-state index contributed by atoms with van der Waals surface area (Å²) in [5.41, 5.74) is 6.55. The summed E-state index contributed by atoms with van der Waals surface area (Å²) < 4.78 is 22.8. The quantitative estimate of drug-likeness (QED) is 0.199. The number of fused-ring (bicyclic) bond motifs is 2. The molecule has 0 saturated heterocycles. The van der Waals surface area contributed by atoms with Crippen LogP contribution in [0.2, 0.25) is 10.0 Å². The third kappa shape index (κ3) is 7.78. The van der Waals surface area contributed by atoms with E-state index < -0.39 is 11.2 Å². The van der Waals surface area contributed by atoms with Gasteiger partial charge in [0, 0.05) is 59.6 Å². The molecule has 2 aromatic carbocycles. The summed E-state index contributed by atoms with van der Waals surface area (Å²) in [6.07, 6.45) is 0.441. The number of benzene rings is 2. The van der Waals surface area contributed by atoms with Crippen molar-refractivity contribution < 1.29 is 28.5 Å². The van der Waals surface area contributed by atoms with Crippen molar-refractivity contribution in [3.8, 4) is 45.4 Å². The summed E-state index contributed by atoms with van der Waals surface area (Å²) in [6, 6.07) is 15.4. The number of carbonyl (C=O) groups excluding carboxylic acids is 2. The van der Waals surface area contributed by atoms with E-state index in [1.807, 2.05) is 90.1 Å². The molecule has 0 saturated carbocycles. The van der Waals surface area contributed by atoms with E-state index in [0.717, 1.165) is 22.3 Å². The van der Waals surface area contributed by atoms with Crippen LogP contribution in [0.1, 0.15) is 63.8 Å². The van der Waals surface area contributed by atoms with Crippen LogP contribution in [0.3, 0.4) is 0 Å². The second-order valence-electron chi connectivity index (χ2n) is 14.9. The van der Waals surface area contributed by atoms with E-state index in [9.17, 15) is 9.59 Å². The molecule has 10 nitrogen and oxygen atoms in total. The number of ether oxygens (including phenoxy) is 4. The van der Waals surface area contributed by atoms with Crippen molar-refractivity contribution in [1.82, 2.24) is 19.8 Å². The third-order valence-electron chi connectivity index (χ3n) is 8.87. The number of rotatable bonds is 5. The zero-order valence-electron chi connectivity index (χ0n) is 30.9. The first-order valence-electron chi connectivity index (χ1n) is 17.2. The van der Waals surface area contributed by atoms with Crippen LogP contribution in [0.15, 0.2) is 48.5 Å². The van der Waals surface area contributed by atoms with Crippen LogP contribution in [0, 0.1) is 0 Å². The van der Waals surface area contributed by atoms with Gasteiger partial charge >= 0.3 is 12.2 Å². The molecule has 6 rings (SSSR count). The van der Waals surface area contributed by atoms with E-state index >= 15 is 0 Å². The molecule has 0 atom stereocenters. The predicted octanol–water partition coefficient (Wildman–Crippen LogP) is 9.39. The minimum absolute atomic E-state index is 0.355. The Morgan fingerprint density at radius 2 is 1.00 bits per heavy atom. The van der Waals surface area contributed by atoms with Gasteiger partial charge in [-0.3, -0.25) is 0 Å². The summed E-state index contributed by atoms with van der Waals surface area (Å²) in [5.74, 6) is 0.992. The van der Waals surface area contributed by atoms with Crippen molar-refractivity contribution in [2.75, 3.05) is 27.3 Å². The number of aromatic nitrogens is 2. The molecule has 0 aliphatic carbocycles. The van der Waals surface area contributed by atoms with Crippen LogP contribution in [0.4, 0.5) is 9.59 Å². The molecule has 4 aromatic rings. The van der Waals surface area contributed by atoms with Gasteiger partial charge in [0.05, 0.1) is 35.7 Å². The largest absolute Gasteiger partial charge is 0.481 e. The number of nitrogens with zero attached hydrogens (tertiary/aromatic N) is 4. The van der Waals surface area contributed by atoms with Crippen molar-refractivity contribution in [2.24, 2.45) is 0 Å². The number of hydrogen-bond donors (Lipinski definition) is 0. The number of amides is 2. The minimum Gasteiger partial charge on any atom is -0.481 e. The Balaban J connectivity index is 1.35. The summed E-state index contributed by atoms with van der Waals surface area (Å²) >= 11 is 14.4. The maximum absolute atomic E-state index is 12.9. The first kappa shape index (κ1) is 37.2. The summed E-state index contributed by atoms with van der Waals surface area (Å²) in [5, 5.41) is 0.916. The first-order valence-corrected chi connectivity index (χ1v) is 18.0. The van der Waals surface area contributed by atoms with Crippen LogP contribution in [-0.2, 0) is 35.4 Å². The SMILES string of the molecule is COc1nc(-c2cccc(-c3cccc(-c4cc5c(c(OC)n4)CCN(C(=O)OC(C)(C)C)C5)c3Cl)c2Cl)cc2c1CCN(C(=O)OC(C)(C)C)C2. The number of methoxy groups -OCH3 is 2. The van der Waals surface area contributed by atoms with Gasteiger partial charge in [0.25, 0.3) is 0 Å². The fourth-order valence-electron chi connectivity index (χ4n) is 6.53. The highest BCUT2D eigenvalue weighted by atomic mass is 35.5. The molecule has 0 spiro atoms. The smallest absolute Gasteiger partial charge is 0.410 e. The lowest BCUT2D eigenvalue weighted by atomic mass is 9.95. The normalized spacial score (nSPS) is 14.3. The molecular weight excluding hydrogens is 703 g/mol. The molecule has 52 heavy (non-hydrogen) atoms. The molecule has 274 valence electrons. The summed E-state index contributed by atoms with van der Waals surface area (Å²) in [6.45, 7) is 12.8. The zero-order valence-corrected chi connectivity index (χ0v) is 32.4. The van der Waals surface area contributed by atoms with Gasteiger partial charge in [-0.1, -0.05) is 59.6 Å². The molecule has 0 bridgehead atoms. The molecular formula is C40H44Cl2N4O6. The second kappa shape index (κ2) is 14.5. The van der Waals surface area contributed by atoms with E-state index in [1.54, 1.807) is 24.0 Å². The first-order chi connectivity index (χ1) is 24.6. The third-order valence-corrected chi connectivity index (χ3v) is 9.69. The van der Waals surface area contributed by atoms with Gasteiger partial charge < -0.3 is 28.7 Å². The average molecular weight is 748 g/mol. The van der Waals surface area contributed by atoms with Gasteiger partial charge in [-0.2, -0.15) is 0 Å². The number of hydrogen-bond acceptors (Lipinski definition) is 8. The van der Waals surface area contributed by atoms with Crippen molar-refractivity contribution in [3.63, 3.8) is 0 Å². The molecule has 4 heterocycles. The molecule has 0 radical (unpaired) electrons. The molecule has 0 fully saturated rings. The van der Waals surface area contributed by atoms with E-state index in [0.29, 0.717) is 94.5 Å². The lowest BCUT2D eigenvalue weighted by molar-refractivity contribution is 0.0213. The van der Waals surface area contributed by atoms with Crippen molar-refractivity contribution in [2.45, 2.75) is 78.7 Å². The molecule has 0 N–H and O–H groups in total. The predicted molar refractivity (Wildman–Crippen MR) is 202 cm³/mol. The van der Waals surface area contributed by atoms with E-state index in [-0.39, 0.29) is 12.2 Å². The number of halogens is 2. The number of carbonyl (C=O) groups is 2. The van der Waals surface area contributed by atoms with E-state index in [4.69, 9.17) is 52.1 Å². The van der Waals surface area contributed by atoms with Crippen LogP contribution in [0.5, 0.6) is 11.8 Å². The van der Waals surface area contributed by atoms with Crippen LogP contribution >= 0.6 is 23.2 Å². The topological polar surface area (TPSA) is 103 Å². The average Bonchev–Trinajstić information content (AvgIpc) is 3.09. The lowest BCUT2D eigenvalue weighted by Crippen LogP contribution is -2.40. The fourth-order valence-corrected chi connectivity index (χ4v) is 7.18. The van der Waals surface area contributed by atoms with Crippen LogP contribution in [-0.4, -0.2) is 70.5 Å². The van der Waals surface area contributed by atoms with E-state index in [2.05, 4.69) is 0 Å². The summed E-state index contributed by atoms with van der Waals surface area (Å²) in [7, 11) is 3.18. The number of pyridine rings is 2. The molecule has 2 aliphatic heterocycles. The standard InChI is InChI=1S/C40H44Cl2N4O6/c1-39(2,3)51-37(47)45-17-15-25-23(21-45)19-31(43-35(25)49-7)29-13-9-11-27(33(29)41)28-12-10-14-30(34(28)42)32-20-24-22-46(38(48)52-40(4,5)6)18-16-26(24)36(44-32)50-8/h9-14,19-20H,15-18,21-22H2,1-8H3. The van der Waals surface area contributed by atoms with Gasteiger partial charge in [-0.15, -0.1) is 0 Å². The Morgan fingerprint density at radius 3 is 1.35 bits per heavy atom. The minimum atomic E-state index is -0.601. The summed E-state index contributed by atoms with van der Waals surface area (Å²) in [4.78, 5) is 39.0. The van der Waals surface area contributed by atoms with Gasteiger partial charge in [0.2, 0.25) is 11.8 Å². The Labute approximate surface area is 315 Å². The van der Waals surface area contributed by atoms with Crippen LogP contribution < -0.4 is 9.47 Å². The van der Waals surface area contributed by atoms with Crippen molar-refractivity contribution in [3.05, 3.63) is 80.8 Å². The van der Waals surface area contributed by atoms with E-state index in [1.165, 1.54) is 0 Å². The molecule has 12 heteroatoms. The van der Waals surface area contributed by atoms with Crippen LogP contribution in [0.25, 0.3) is 33.6 Å².